The second-order valence-corrected chi connectivity index (χ2v) is 6.54. The van der Waals surface area contributed by atoms with Gasteiger partial charge in [0.15, 0.2) is 5.69 Å². The van der Waals surface area contributed by atoms with Gasteiger partial charge in [0.1, 0.15) is 5.65 Å². The zero-order chi connectivity index (χ0) is 16.8. The summed E-state index contributed by atoms with van der Waals surface area (Å²) in [6.07, 6.45) is 2.60. The van der Waals surface area contributed by atoms with Gasteiger partial charge in [0.2, 0.25) is 5.95 Å². The molecule has 1 aliphatic carbocycles. The van der Waals surface area contributed by atoms with E-state index in [2.05, 4.69) is 10.3 Å². The van der Waals surface area contributed by atoms with Crippen LogP contribution in [0.5, 0.6) is 0 Å². The van der Waals surface area contributed by atoms with Gasteiger partial charge in [-0.2, -0.15) is 4.39 Å². The highest BCUT2D eigenvalue weighted by molar-refractivity contribution is 5.93. The maximum Gasteiger partial charge on any atom is 0.274 e. The number of hydrogen-bond acceptors (Lipinski definition) is 4. The lowest BCUT2D eigenvalue weighted by atomic mass is 9.67. The van der Waals surface area contributed by atoms with Crippen LogP contribution in [0.3, 0.4) is 0 Å². The van der Waals surface area contributed by atoms with Crippen LogP contribution < -0.4 is 5.32 Å². The minimum Gasteiger partial charge on any atom is -0.384 e. The van der Waals surface area contributed by atoms with Crippen molar-refractivity contribution in [1.82, 2.24) is 14.7 Å². The Morgan fingerprint density at radius 3 is 3.17 bits per heavy atom. The van der Waals surface area contributed by atoms with E-state index in [0.717, 1.165) is 12.0 Å². The molecule has 6 nitrogen and oxygen atoms in total. The van der Waals surface area contributed by atoms with Gasteiger partial charge in [-0.3, -0.25) is 9.20 Å². The summed E-state index contributed by atoms with van der Waals surface area (Å²) in [5.74, 6) is -0.732. The van der Waals surface area contributed by atoms with Crippen molar-refractivity contribution in [2.24, 2.45) is 11.8 Å². The third-order valence-corrected chi connectivity index (χ3v) is 5.19. The van der Waals surface area contributed by atoms with Crippen LogP contribution in [0, 0.1) is 24.7 Å². The van der Waals surface area contributed by atoms with E-state index in [9.17, 15) is 9.18 Å². The topological polar surface area (TPSA) is 64.9 Å². The summed E-state index contributed by atoms with van der Waals surface area (Å²) in [6, 6.07) is 3.51. The molecule has 4 rings (SSSR count). The van der Waals surface area contributed by atoms with Crippen LogP contribution in [0.4, 0.5) is 4.39 Å². The molecule has 2 aliphatic rings. The van der Waals surface area contributed by atoms with E-state index in [4.69, 9.17) is 9.47 Å². The monoisotopic (exact) mass is 333 g/mol. The number of aromatic nitrogens is 2. The average molecular weight is 333 g/mol. The number of nitrogens with one attached hydrogen (secondary N) is 1. The lowest BCUT2D eigenvalue weighted by Gasteiger charge is -2.47. The van der Waals surface area contributed by atoms with Crippen molar-refractivity contribution in [2.45, 2.75) is 25.5 Å². The Labute approximate surface area is 139 Å². The molecule has 0 radical (unpaired) electrons. The Bertz CT molecular complexity index is 791. The molecule has 1 saturated carbocycles. The molecule has 4 atom stereocenters. The number of nitrogens with zero attached hydrogens (tertiary/aromatic N) is 2. The minimum absolute atomic E-state index is 0.0599. The molecule has 0 spiro atoms. The van der Waals surface area contributed by atoms with E-state index < -0.39 is 11.9 Å². The van der Waals surface area contributed by atoms with Crippen LogP contribution in [-0.4, -0.2) is 47.8 Å². The highest BCUT2D eigenvalue weighted by Gasteiger charge is 2.54. The molecule has 1 aliphatic heterocycles. The van der Waals surface area contributed by atoms with E-state index >= 15 is 0 Å². The molecule has 2 aromatic rings. The second kappa shape index (κ2) is 5.82. The number of carbonyl (C=O) groups excluding carboxylic acids is 1. The van der Waals surface area contributed by atoms with Crippen LogP contribution in [0.2, 0.25) is 0 Å². The molecular weight excluding hydrogens is 313 g/mol. The first-order chi connectivity index (χ1) is 11.6. The van der Waals surface area contributed by atoms with Crippen molar-refractivity contribution in [2.75, 3.05) is 20.3 Å². The quantitative estimate of drug-likeness (QED) is 0.922. The molecule has 1 N–H and O–H groups in total. The highest BCUT2D eigenvalue weighted by atomic mass is 19.1. The van der Waals surface area contributed by atoms with Crippen LogP contribution >= 0.6 is 0 Å². The summed E-state index contributed by atoms with van der Waals surface area (Å²) in [5, 5.41) is 2.95. The van der Waals surface area contributed by atoms with Crippen molar-refractivity contribution < 1.29 is 18.7 Å². The third-order valence-electron chi connectivity index (χ3n) is 5.19. The van der Waals surface area contributed by atoms with Gasteiger partial charge >= 0.3 is 0 Å². The molecule has 2 aromatic heterocycles. The molecular formula is C17H20FN3O3. The third kappa shape index (κ3) is 2.22. The Morgan fingerprint density at radius 2 is 2.42 bits per heavy atom. The molecule has 7 heteroatoms. The van der Waals surface area contributed by atoms with Crippen LogP contribution in [-0.2, 0) is 9.47 Å². The fourth-order valence-electron chi connectivity index (χ4n) is 3.97. The van der Waals surface area contributed by atoms with E-state index in [0.29, 0.717) is 18.9 Å². The molecule has 1 saturated heterocycles. The van der Waals surface area contributed by atoms with E-state index in [1.54, 1.807) is 19.4 Å². The maximum absolute atomic E-state index is 14.5. The lowest BCUT2D eigenvalue weighted by molar-refractivity contribution is -0.0810. The zero-order valence-corrected chi connectivity index (χ0v) is 13.7. The van der Waals surface area contributed by atoms with Gasteiger partial charge in [-0.15, -0.1) is 0 Å². The molecule has 24 heavy (non-hydrogen) atoms. The Balaban J connectivity index is 1.58. The number of aryl methyl sites for hydroxylation is 1. The number of amides is 1. The maximum atomic E-state index is 14.5. The van der Waals surface area contributed by atoms with Gasteiger partial charge in [-0.25, -0.2) is 4.98 Å². The van der Waals surface area contributed by atoms with E-state index in [1.165, 1.54) is 4.40 Å². The highest BCUT2D eigenvalue weighted by Crippen LogP contribution is 2.43. The SMILES string of the molecule is COC[C@H]1[C@H](NC(=O)c2nc3c(C)cccn3c2F)[C@H]2CCO[C@H]21. The second-order valence-electron chi connectivity index (χ2n) is 6.54. The van der Waals surface area contributed by atoms with Gasteiger partial charge in [-0.1, -0.05) is 6.07 Å². The van der Waals surface area contributed by atoms with Gasteiger partial charge in [0.05, 0.1) is 12.7 Å². The van der Waals surface area contributed by atoms with Crippen LogP contribution in [0.25, 0.3) is 5.65 Å². The molecule has 2 fully saturated rings. The Kier molecular flexibility index (Phi) is 3.77. The molecule has 0 unspecified atom stereocenters. The minimum atomic E-state index is -0.631. The van der Waals surface area contributed by atoms with Gasteiger partial charge < -0.3 is 14.8 Å². The number of carbonyl (C=O) groups is 1. The smallest absolute Gasteiger partial charge is 0.274 e. The summed E-state index contributed by atoms with van der Waals surface area (Å²) in [5.41, 5.74) is 1.12. The first kappa shape index (κ1) is 15.5. The standard InChI is InChI=1S/C17H20FN3O3/c1-9-4-3-6-21-15(18)13(19-16(9)21)17(22)20-12-10-5-7-24-14(10)11(12)8-23-2/h3-4,6,10-12,14H,5,7-8H2,1-2H3,(H,20,22)/t10-,11+,12-,14-/m1/s1. The molecule has 1 amide bonds. The first-order valence-corrected chi connectivity index (χ1v) is 8.16. The fourth-order valence-corrected chi connectivity index (χ4v) is 3.97. The Morgan fingerprint density at radius 1 is 1.58 bits per heavy atom. The number of ether oxygens (including phenoxy) is 2. The van der Waals surface area contributed by atoms with E-state index in [-0.39, 0.29) is 29.7 Å². The summed E-state index contributed by atoms with van der Waals surface area (Å²) in [4.78, 5) is 16.8. The number of pyridine rings is 1. The van der Waals surface area contributed by atoms with E-state index in [1.807, 2.05) is 13.0 Å². The van der Waals surface area contributed by atoms with Crippen molar-refractivity contribution >= 4 is 11.6 Å². The van der Waals surface area contributed by atoms with Crippen molar-refractivity contribution in [3.63, 3.8) is 0 Å². The molecule has 0 aromatic carbocycles. The number of rotatable bonds is 4. The summed E-state index contributed by atoms with van der Waals surface area (Å²) < 4.78 is 26.8. The number of imidazole rings is 1. The number of fused-ring (bicyclic) bond motifs is 2. The average Bonchev–Trinajstić information content (AvgIpc) is 3.14. The fraction of sp³-hybridized carbons (Fsp3) is 0.529. The number of methoxy groups -OCH3 is 1. The predicted molar refractivity (Wildman–Crippen MR) is 84.4 cm³/mol. The predicted octanol–water partition coefficient (Wildman–Crippen LogP) is 1.56. The van der Waals surface area contributed by atoms with Gasteiger partial charge in [0.25, 0.3) is 5.91 Å². The zero-order valence-electron chi connectivity index (χ0n) is 13.7. The van der Waals surface area contributed by atoms with Crippen molar-refractivity contribution in [1.29, 1.82) is 0 Å². The van der Waals surface area contributed by atoms with Crippen LogP contribution in [0.15, 0.2) is 18.3 Å². The first-order valence-electron chi connectivity index (χ1n) is 8.16. The largest absolute Gasteiger partial charge is 0.384 e. The number of halogens is 1. The van der Waals surface area contributed by atoms with Gasteiger partial charge in [-0.05, 0) is 25.0 Å². The Hall–Kier alpha value is -1.99. The normalized spacial score (nSPS) is 28.6. The molecule has 0 bridgehead atoms. The molecule has 128 valence electrons. The van der Waals surface area contributed by atoms with Crippen LogP contribution in [0.1, 0.15) is 22.5 Å². The van der Waals surface area contributed by atoms with Gasteiger partial charge in [0, 0.05) is 37.8 Å². The van der Waals surface area contributed by atoms with Crippen molar-refractivity contribution in [3.8, 4) is 0 Å². The number of hydrogen-bond donors (Lipinski definition) is 1. The summed E-state index contributed by atoms with van der Waals surface area (Å²) in [6.45, 7) is 3.05. The molecule has 3 heterocycles. The summed E-state index contributed by atoms with van der Waals surface area (Å²) >= 11 is 0. The lowest BCUT2D eigenvalue weighted by Crippen LogP contribution is -2.62. The summed E-state index contributed by atoms with van der Waals surface area (Å²) in [7, 11) is 1.63. The van der Waals surface area contributed by atoms with Crippen molar-refractivity contribution in [3.05, 3.63) is 35.5 Å².